The summed E-state index contributed by atoms with van der Waals surface area (Å²) in [5.41, 5.74) is 0.974. The molecule has 1 saturated carbocycles. The zero-order chi connectivity index (χ0) is 13.9. The first kappa shape index (κ1) is 13.3. The van der Waals surface area contributed by atoms with Crippen LogP contribution in [0.5, 0.6) is 0 Å². The van der Waals surface area contributed by atoms with Gasteiger partial charge >= 0.3 is 5.97 Å². The van der Waals surface area contributed by atoms with Crippen molar-refractivity contribution in [1.82, 2.24) is 9.97 Å². The third kappa shape index (κ3) is 2.75. The number of carboxylic acid groups (broad SMARTS) is 1. The van der Waals surface area contributed by atoms with Gasteiger partial charge in [-0.25, -0.2) is 9.97 Å². The summed E-state index contributed by atoms with van der Waals surface area (Å²) in [4.78, 5) is 19.4. The second-order valence-corrected chi connectivity index (χ2v) is 6.21. The van der Waals surface area contributed by atoms with Gasteiger partial charge in [-0.2, -0.15) is 0 Å². The molecule has 1 aliphatic rings. The standard InChI is InChI=1S/C14H17N3O2S/c18-14(19)10-3-1-9(2-4-10)7-15-13-12-11(5-6-20-12)16-8-17-13/h5-6,8-10H,1-4,7H2,(H,18,19)(H,15,16,17). The zero-order valence-corrected chi connectivity index (χ0v) is 11.9. The molecular formula is C14H17N3O2S. The molecule has 0 amide bonds. The smallest absolute Gasteiger partial charge is 0.306 e. The van der Waals surface area contributed by atoms with E-state index in [4.69, 9.17) is 5.11 Å². The number of carbonyl (C=O) groups is 1. The lowest BCUT2D eigenvalue weighted by atomic mass is 9.82. The Bertz CT molecular complexity index is 605. The molecule has 0 atom stereocenters. The Morgan fingerprint density at radius 2 is 2.15 bits per heavy atom. The number of thiophene rings is 1. The van der Waals surface area contributed by atoms with Gasteiger partial charge < -0.3 is 10.4 Å². The number of nitrogens with one attached hydrogen (secondary N) is 1. The highest BCUT2D eigenvalue weighted by Gasteiger charge is 2.25. The van der Waals surface area contributed by atoms with Gasteiger partial charge in [0.05, 0.1) is 16.1 Å². The SMILES string of the molecule is O=C(O)C1CCC(CNc2ncnc3ccsc23)CC1. The van der Waals surface area contributed by atoms with Crippen LogP contribution in [0.2, 0.25) is 0 Å². The molecule has 0 spiro atoms. The summed E-state index contributed by atoms with van der Waals surface area (Å²) in [6.45, 7) is 0.857. The fourth-order valence-corrected chi connectivity index (χ4v) is 3.58. The summed E-state index contributed by atoms with van der Waals surface area (Å²) in [6.07, 6.45) is 5.11. The Labute approximate surface area is 121 Å². The van der Waals surface area contributed by atoms with Crippen LogP contribution < -0.4 is 5.32 Å². The van der Waals surface area contributed by atoms with Gasteiger partial charge in [0.1, 0.15) is 12.1 Å². The number of aromatic nitrogens is 2. The molecule has 0 aliphatic heterocycles. The lowest BCUT2D eigenvalue weighted by Crippen LogP contribution is -2.25. The molecule has 2 N–H and O–H groups in total. The van der Waals surface area contributed by atoms with Crippen LogP contribution in [-0.2, 0) is 4.79 Å². The molecule has 0 aromatic carbocycles. The molecule has 0 bridgehead atoms. The first-order valence-electron chi connectivity index (χ1n) is 6.89. The topological polar surface area (TPSA) is 75.1 Å². The Balaban J connectivity index is 1.58. The van der Waals surface area contributed by atoms with Gasteiger partial charge in [-0.3, -0.25) is 4.79 Å². The maximum absolute atomic E-state index is 10.9. The van der Waals surface area contributed by atoms with E-state index in [-0.39, 0.29) is 5.92 Å². The molecule has 0 unspecified atom stereocenters. The Morgan fingerprint density at radius 1 is 1.35 bits per heavy atom. The van der Waals surface area contributed by atoms with Crippen molar-refractivity contribution in [2.75, 3.05) is 11.9 Å². The first-order valence-corrected chi connectivity index (χ1v) is 7.77. The van der Waals surface area contributed by atoms with Gasteiger partial charge in [0, 0.05) is 6.54 Å². The van der Waals surface area contributed by atoms with Gasteiger partial charge in [-0.15, -0.1) is 11.3 Å². The van der Waals surface area contributed by atoms with Crippen LogP contribution in [0.4, 0.5) is 5.82 Å². The lowest BCUT2D eigenvalue weighted by Gasteiger charge is -2.26. The molecule has 6 heteroatoms. The van der Waals surface area contributed by atoms with Gasteiger partial charge in [-0.1, -0.05) is 0 Å². The summed E-state index contributed by atoms with van der Waals surface area (Å²) >= 11 is 1.64. The largest absolute Gasteiger partial charge is 0.481 e. The van der Waals surface area contributed by atoms with Crippen LogP contribution in [-0.4, -0.2) is 27.6 Å². The minimum atomic E-state index is -0.646. The number of anilines is 1. The van der Waals surface area contributed by atoms with Crippen molar-refractivity contribution in [2.24, 2.45) is 11.8 Å². The fourth-order valence-electron chi connectivity index (χ4n) is 2.77. The number of fused-ring (bicyclic) bond motifs is 1. The molecule has 3 rings (SSSR count). The highest BCUT2D eigenvalue weighted by Crippen LogP contribution is 2.30. The summed E-state index contributed by atoms with van der Waals surface area (Å²) < 4.78 is 1.09. The van der Waals surface area contributed by atoms with E-state index in [0.717, 1.165) is 48.3 Å². The van der Waals surface area contributed by atoms with Crippen molar-refractivity contribution >= 4 is 33.3 Å². The van der Waals surface area contributed by atoms with Crippen LogP contribution in [0.1, 0.15) is 25.7 Å². The minimum absolute atomic E-state index is 0.144. The Morgan fingerprint density at radius 3 is 2.90 bits per heavy atom. The minimum Gasteiger partial charge on any atom is -0.481 e. The predicted molar refractivity (Wildman–Crippen MR) is 79.0 cm³/mol. The van der Waals surface area contributed by atoms with E-state index in [9.17, 15) is 4.79 Å². The first-order chi connectivity index (χ1) is 9.74. The van der Waals surface area contributed by atoms with Gasteiger partial charge in [-0.05, 0) is 43.0 Å². The van der Waals surface area contributed by atoms with Gasteiger partial charge in [0.2, 0.25) is 0 Å². The van der Waals surface area contributed by atoms with E-state index in [0.29, 0.717) is 5.92 Å². The molecule has 2 aromatic heterocycles. The molecule has 0 saturated heterocycles. The quantitative estimate of drug-likeness (QED) is 0.905. The third-order valence-corrected chi connectivity index (χ3v) is 4.91. The molecule has 5 nitrogen and oxygen atoms in total. The summed E-state index contributed by atoms with van der Waals surface area (Å²) in [6, 6.07) is 1.99. The lowest BCUT2D eigenvalue weighted by molar-refractivity contribution is -0.143. The molecule has 1 fully saturated rings. The second-order valence-electron chi connectivity index (χ2n) is 5.29. The number of hydrogen-bond donors (Lipinski definition) is 2. The average Bonchev–Trinajstić information content (AvgIpc) is 2.94. The number of nitrogens with zero attached hydrogens (tertiary/aromatic N) is 2. The van der Waals surface area contributed by atoms with Crippen LogP contribution in [0.25, 0.3) is 10.2 Å². The Kier molecular flexibility index (Phi) is 3.82. The fraction of sp³-hybridized carbons (Fsp3) is 0.500. The van der Waals surface area contributed by atoms with Crippen molar-refractivity contribution < 1.29 is 9.90 Å². The van der Waals surface area contributed by atoms with Gasteiger partial charge in [0.15, 0.2) is 0 Å². The van der Waals surface area contributed by atoms with Crippen LogP contribution in [0.3, 0.4) is 0 Å². The molecule has 2 aromatic rings. The van der Waals surface area contributed by atoms with Crippen molar-refractivity contribution in [3.05, 3.63) is 17.8 Å². The maximum Gasteiger partial charge on any atom is 0.306 e. The van der Waals surface area contributed by atoms with Crippen LogP contribution >= 0.6 is 11.3 Å². The van der Waals surface area contributed by atoms with Crippen molar-refractivity contribution in [3.8, 4) is 0 Å². The highest BCUT2D eigenvalue weighted by molar-refractivity contribution is 7.17. The number of rotatable bonds is 4. The monoisotopic (exact) mass is 291 g/mol. The molecule has 2 heterocycles. The van der Waals surface area contributed by atoms with E-state index in [1.165, 1.54) is 0 Å². The van der Waals surface area contributed by atoms with E-state index in [2.05, 4.69) is 15.3 Å². The molecule has 0 radical (unpaired) electrons. The van der Waals surface area contributed by atoms with Crippen molar-refractivity contribution in [1.29, 1.82) is 0 Å². The number of hydrogen-bond acceptors (Lipinski definition) is 5. The zero-order valence-electron chi connectivity index (χ0n) is 11.1. The number of aliphatic carboxylic acids is 1. The van der Waals surface area contributed by atoms with E-state index >= 15 is 0 Å². The molecule has 20 heavy (non-hydrogen) atoms. The Hall–Kier alpha value is -1.69. The summed E-state index contributed by atoms with van der Waals surface area (Å²) in [5.74, 6) is 0.641. The van der Waals surface area contributed by atoms with E-state index in [1.807, 2.05) is 11.4 Å². The molecule has 1 aliphatic carbocycles. The molecular weight excluding hydrogens is 274 g/mol. The van der Waals surface area contributed by atoms with Crippen LogP contribution in [0.15, 0.2) is 17.8 Å². The average molecular weight is 291 g/mol. The van der Waals surface area contributed by atoms with E-state index in [1.54, 1.807) is 17.7 Å². The maximum atomic E-state index is 10.9. The predicted octanol–water partition coefficient (Wildman–Crippen LogP) is 2.99. The summed E-state index contributed by atoms with van der Waals surface area (Å²) in [7, 11) is 0. The highest BCUT2D eigenvalue weighted by atomic mass is 32.1. The normalized spacial score (nSPS) is 22.8. The summed E-state index contributed by atoms with van der Waals surface area (Å²) in [5, 5.41) is 14.4. The van der Waals surface area contributed by atoms with E-state index < -0.39 is 5.97 Å². The molecule has 106 valence electrons. The van der Waals surface area contributed by atoms with Crippen LogP contribution in [0, 0.1) is 11.8 Å². The van der Waals surface area contributed by atoms with Crippen molar-refractivity contribution in [3.63, 3.8) is 0 Å². The third-order valence-electron chi connectivity index (χ3n) is 4.00. The van der Waals surface area contributed by atoms with Crippen molar-refractivity contribution in [2.45, 2.75) is 25.7 Å². The second kappa shape index (κ2) is 5.75. The van der Waals surface area contributed by atoms with Gasteiger partial charge in [0.25, 0.3) is 0 Å². The number of carboxylic acids is 1.